The summed E-state index contributed by atoms with van der Waals surface area (Å²) in [5.41, 5.74) is 0.364. The van der Waals surface area contributed by atoms with Crippen LogP contribution in [0.1, 0.15) is 27.6 Å². The third kappa shape index (κ3) is 3.00. The highest BCUT2D eigenvalue weighted by molar-refractivity contribution is 6.30. The van der Waals surface area contributed by atoms with Crippen LogP contribution in [-0.2, 0) is 9.53 Å². The van der Waals surface area contributed by atoms with Crippen LogP contribution >= 0.6 is 11.6 Å². The first-order valence-corrected chi connectivity index (χ1v) is 10.8. The summed E-state index contributed by atoms with van der Waals surface area (Å²) in [5.74, 6) is -1.50. The number of halogens is 1. The third-order valence-corrected chi connectivity index (χ3v) is 6.75. The van der Waals surface area contributed by atoms with E-state index in [4.69, 9.17) is 20.8 Å². The number of fused-ring (bicyclic) bond motifs is 3. The van der Waals surface area contributed by atoms with Crippen molar-refractivity contribution in [3.05, 3.63) is 94.9 Å². The number of hydrogen-bond acceptors (Lipinski definition) is 6. The lowest BCUT2D eigenvalue weighted by Gasteiger charge is -2.36. The van der Waals surface area contributed by atoms with Crippen LogP contribution < -0.4 is 4.90 Å². The van der Waals surface area contributed by atoms with Gasteiger partial charge in [-0.1, -0.05) is 42.0 Å². The molecule has 1 fully saturated rings. The molecule has 2 aromatic carbocycles. The zero-order valence-corrected chi connectivity index (χ0v) is 18.4. The number of ether oxygens (including phenoxy) is 1. The van der Waals surface area contributed by atoms with Crippen LogP contribution in [-0.4, -0.2) is 30.9 Å². The van der Waals surface area contributed by atoms with Gasteiger partial charge in [0.15, 0.2) is 11.2 Å². The lowest BCUT2D eigenvalue weighted by atomic mass is 9.70. The summed E-state index contributed by atoms with van der Waals surface area (Å²) in [7, 11) is 1.25. The number of benzene rings is 2. The summed E-state index contributed by atoms with van der Waals surface area (Å²) >= 11 is 6.04. The Morgan fingerprint density at radius 2 is 1.88 bits per heavy atom. The van der Waals surface area contributed by atoms with Gasteiger partial charge < -0.3 is 14.1 Å². The summed E-state index contributed by atoms with van der Waals surface area (Å²) in [6.45, 7) is 0. The molecule has 6 nitrogen and oxygen atoms in total. The molecule has 33 heavy (non-hydrogen) atoms. The second-order valence-corrected chi connectivity index (χ2v) is 8.49. The number of nitriles is 1. The highest BCUT2D eigenvalue weighted by Crippen LogP contribution is 2.56. The quantitative estimate of drug-likeness (QED) is 0.410. The molecule has 3 heterocycles. The van der Waals surface area contributed by atoms with Crippen molar-refractivity contribution >= 4 is 35.1 Å². The molecule has 4 atom stereocenters. The summed E-state index contributed by atoms with van der Waals surface area (Å²) < 4.78 is 10.9. The van der Waals surface area contributed by atoms with Gasteiger partial charge in [-0.2, -0.15) is 5.26 Å². The minimum Gasteiger partial charge on any atom is -0.469 e. The number of rotatable bonds is 4. The number of carbonyl (C=O) groups is 2. The Morgan fingerprint density at radius 1 is 1.12 bits per heavy atom. The molecule has 2 aliphatic rings. The smallest absolute Gasteiger partial charge is 0.329 e. The molecular weight excluding hydrogens is 440 g/mol. The first kappa shape index (κ1) is 21.0. The number of esters is 1. The maximum Gasteiger partial charge on any atom is 0.329 e. The van der Waals surface area contributed by atoms with Crippen LogP contribution in [0.2, 0.25) is 5.02 Å². The standard InChI is InChI=1S/C26H19ClN2O4/c1-32-25(31)26(15-28)21-13-10-16-5-2-3-6-19(16)29(21)23(22(26)20-7-4-14-33-20)24(30)17-8-11-18(27)12-9-17/h2-14,21-23H,1H3/t21-,22-,23+,26+/m0/s1. The number of nitrogens with zero attached hydrogens (tertiary/aromatic N) is 2. The predicted octanol–water partition coefficient (Wildman–Crippen LogP) is 4.87. The number of Topliss-reactive ketones (excluding diaryl/α,β-unsaturated/α-hetero) is 1. The van der Waals surface area contributed by atoms with Gasteiger partial charge in [0.2, 0.25) is 0 Å². The zero-order chi connectivity index (χ0) is 23.2. The Morgan fingerprint density at radius 3 is 2.55 bits per heavy atom. The lowest BCUT2D eigenvalue weighted by Crippen LogP contribution is -2.46. The molecule has 0 spiro atoms. The van der Waals surface area contributed by atoms with Crippen LogP contribution in [0.3, 0.4) is 0 Å². The van der Waals surface area contributed by atoms with Gasteiger partial charge in [-0.3, -0.25) is 9.59 Å². The number of para-hydroxylation sites is 1. The summed E-state index contributed by atoms with van der Waals surface area (Å²) in [4.78, 5) is 29.2. The first-order valence-electron chi connectivity index (χ1n) is 10.4. The van der Waals surface area contributed by atoms with E-state index in [1.54, 1.807) is 42.5 Å². The number of hydrogen-bond donors (Lipinski definition) is 0. The van der Waals surface area contributed by atoms with E-state index in [0.29, 0.717) is 16.3 Å². The molecular formula is C26H19ClN2O4. The molecule has 164 valence electrons. The Kier molecular flexibility index (Phi) is 5.07. The van der Waals surface area contributed by atoms with Crippen LogP contribution in [0.4, 0.5) is 5.69 Å². The van der Waals surface area contributed by atoms with E-state index >= 15 is 0 Å². The van der Waals surface area contributed by atoms with Crippen LogP contribution in [0.15, 0.2) is 77.4 Å². The Bertz CT molecular complexity index is 1290. The van der Waals surface area contributed by atoms with Gasteiger partial charge in [-0.05, 0) is 48.0 Å². The van der Waals surface area contributed by atoms with Gasteiger partial charge in [-0.15, -0.1) is 0 Å². The van der Waals surface area contributed by atoms with Crippen molar-refractivity contribution in [2.24, 2.45) is 5.41 Å². The number of furan rings is 1. The molecule has 7 heteroatoms. The normalized spacial score (nSPS) is 25.1. The summed E-state index contributed by atoms with van der Waals surface area (Å²) in [5, 5.41) is 11.0. The average molecular weight is 459 g/mol. The molecule has 0 unspecified atom stereocenters. The molecule has 0 saturated carbocycles. The highest BCUT2D eigenvalue weighted by atomic mass is 35.5. The van der Waals surface area contributed by atoms with Crippen molar-refractivity contribution in [2.75, 3.05) is 12.0 Å². The molecule has 2 aliphatic heterocycles. The Labute approximate surface area is 195 Å². The van der Waals surface area contributed by atoms with Gasteiger partial charge in [0, 0.05) is 16.3 Å². The van der Waals surface area contributed by atoms with Crippen molar-refractivity contribution in [3.63, 3.8) is 0 Å². The van der Waals surface area contributed by atoms with E-state index < -0.39 is 29.4 Å². The van der Waals surface area contributed by atoms with Crippen molar-refractivity contribution in [2.45, 2.75) is 18.0 Å². The van der Waals surface area contributed by atoms with Crippen LogP contribution in [0.5, 0.6) is 0 Å². The average Bonchev–Trinajstić information content (AvgIpc) is 3.48. The highest BCUT2D eigenvalue weighted by Gasteiger charge is 2.68. The van der Waals surface area contributed by atoms with Gasteiger partial charge in [0.1, 0.15) is 11.8 Å². The fourth-order valence-corrected chi connectivity index (χ4v) is 5.22. The van der Waals surface area contributed by atoms with E-state index in [0.717, 1.165) is 11.3 Å². The van der Waals surface area contributed by atoms with Gasteiger partial charge in [0.05, 0.1) is 31.4 Å². The number of methoxy groups -OCH3 is 1. The molecule has 3 aromatic rings. The van der Waals surface area contributed by atoms with Gasteiger partial charge in [-0.25, -0.2) is 0 Å². The minimum absolute atomic E-state index is 0.246. The van der Waals surface area contributed by atoms with E-state index in [1.165, 1.54) is 13.4 Å². The van der Waals surface area contributed by atoms with Crippen molar-refractivity contribution in [3.8, 4) is 6.07 Å². The largest absolute Gasteiger partial charge is 0.469 e. The molecule has 1 saturated heterocycles. The molecule has 0 aliphatic carbocycles. The fourth-order valence-electron chi connectivity index (χ4n) is 5.10. The van der Waals surface area contributed by atoms with E-state index in [1.807, 2.05) is 35.2 Å². The van der Waals surface area contributed by atoms with Crippen LogP contribution in [0.25, 0.3) is 6.08 Å². The maximum absolute atomic E-state index is 14.0. The SMILES string of the molecule is COC(=O)[C@]1(C#N)[C@@H]2C=Cc3ccccc3N2[C@@H](C(=O)c2ccc(Cl)cc2)[C@@H]1c1ccco1. The van der Waals surface area contributed by atoms with E-state index in [9.17, 15) is 14.9 Å². The zero-order valence-electron chi connectivity index (χ0n) is 17.6. The topological polar surface area (TPSA) is 83.5 Å². The molecule has 1 aromatic heterocycles. The van der Waals surface area contributed by atoms with Gasteiger partial charge in [0.25, 0.3) is 0 Å². The van der Waals surface area contributed by atoms with E-state index in [2.05, 4.69) is 6.07 Å². The minimum atomic E-state index is -1.70. The Balaban J connectivity index is 1.79. The fraction of sp³-hybridized carbons (Fsp3) is 0.192. The second-order valence-electron chi connectivity index (χ2n) is 8.05. The number of carbonyl (C=O) groups excluding carboxylic acids is 2. The predicted molar refractivity (Wildman–Crippen MR) is 123 cm³/mol. The molecule has 0 bridgehead atoms. The first-order chi connectivity index (χ1) is 16.0. The summed E-state index contributed by atoms with van der Waals surface area (Å²) in [6, 6.07) is 18.1. The molecule has 5 rings (SSSR count). The maximum atomic E-state index is 14.0. The molecule has 0 amide bonds. The number of anilines is 1. The van der Waals surface area contributed by atoms with Gasteiger partial charge >= 0.3 is 5.97 Å². The van der Waals surface area contributed by atoms with Crippen molar-refractivity contribution in [1.82, 2.24) is 0 Å². The molecule has 0 radical (unpaired) electrons. The second kappa shape index (κ2) is 7.95. The monoisotopic (exact) mass is 458 g/mol. The Hall–Kier alpha value is -3.82. The van der Waals surface area contributed by atoms with Crippen molar-refractivity contribution in [1.29, 1.82) is 5.26 Å². The van der Waals surface area contributed by atoms with E-state index in [-0.39, 0.29) is 5.78 Å². The third-order valence-electron chi connectivity index (χ3n) is 6.50. The summed E-state index contributed by atoms with van der Waals surface area (Å²) in [6.07, 6.45) is 5.15. The lowest BCUT2D eigenvalue weighted by molar-refractivity contribution is -0.150. The van der Waals surface area contributed by atoms with Crippen LogP contribution in [0, 0.1) is 16.7 Å². The number of ketones is 1. The molecule has 0 N–H and O–H groups in total. The van der Waals surface area contributed by atoms with Crippen molar-refractivity contribution < 1.29 is 18.7 Å².